The van der Waals surface area contributed by atoms with Crippen molar-refractivity contribution < 1.29 is 4.42 Å². The zero-order valence-corrected chi connectivity index (χ0v) is 8.57. The third-order valence-electron chi connectivity index (χ3n) is 3.25. The highest BCUT2D eigenvalue weighted by molar-refractivity contribution is 5.08. The molecule has 78 valence electrons. The van der Waals surface area contributed by atoms with Crippen molar-refractivity contribution in [3.8, 4) is 0 Å². The van der Waals surface area contributed by atoms with E-state index in [2.05, 4.69) is 12.3 Å². The fraction of sp³-hybridized carbons (Fsp3) is 0.636. The second-order valence-corrected chi connectivity index (χ2v) is 4.31. The number of hydrogen-bond donors (Lipinski definition) is 2. The Bertz CT molecular complexity index is 267. The fourth-order valence-electron chi connectivity index (χ4n) is 2.01. The van der Waals surface area contributed by atoms with Crippen LogP contribution in [0.4, 0.5) is 0 Å². The van der Waals surface area contributed by atoms with Gasteiger partial charge in [0.15, 0.2) is 0 Å². The Morgan fingerprint density at radius 1 is 1.64 bits per heavy atom. The van der Waals surface area contributed by atoms with Gasteiger partial charge in [0.1, 0.15) is 0 Å². The topological polar surface area (TPSA) is 51.2 Å². The number of hydrazine groups is 1. The first-order valence-corrected chi connectivity index (χ1v) is 5.28. The van der Waals surface area contributed by atoms with Crippen molar-refractivity contribution >= 4 is 0 Å². The van der Waals surface area contributed by atoms with Crippen LogP contribution in [0.25, 0.3) is 0 Å². The predicted octanol–water partition coefficient (Wildman–Crippen LogP) is 1.70. The number of nitrogens with two attached hydrogens (primary N) is 1. The molecule has 2 unspecified atom stereocenters. The van der Waals surface area contributed by atoms with Crippen LogP contribution < -0.4 is 11.3 Å². The van der Waals surface area contributed by atoms with E-state index in [0.717, 1.165) is 12.3 Å². The van der Waals surface area contributed by atoms with E-state index in [1.807, 2.05) is 6.07 Å². The van der Waals surface area contributed by atoms with Crippen molar-refractivity contribution in [2.24, 2.45) is 17.7 Å². The lowest BCUT2D eigenvalue weighted by Crippen LogP contribution is -2.42. The Kier molecular flexibility index (Phi) is 2.89. The molecule has 1 aliphatic carbocycles. The smallest absolute Gasteiger partial charge is 0.0935 e. The Morgan fingerprint density at radius 2 is 2.43 bits per heavy atom. The summed E-state index contributed by atoms with van der Waals surface area (Å²) in [7, 11) is 0. The largest absolute Gasteiger partial charge is 0.472 e. The molecule has 3 heteroatoms. The molecule has 1 aromatic heterocycles. The van der Waals surface area contributed by atoms with Gasteiger partial charge >= 0.3 is 0 Å². The number of nitrogens with one attached hydrogen (secondary N) is 1. The molecule has 1 heterocycles. The highest BCUT2D eigenvalue weighted by atomic mass is 16.3. The first kappa shape index (κ1) is 9.74. The third-order valence-corrected chi connectivity index (χ3v) is 3.25. The summed E-state index contributed by atoms with van der Waals surface area (Å²) in [6.45, 7) is 2.28. The van der Waals surface area contributed by atoms with Gasteiger partial charge in [0.25, 0.3) is 0 Å². The van der Waals surface area contributed by atoms with Crippen molar-refractivity contribution in [3.05, 3.63) is 24.2 Å². The molecule has 3 N–H and O–H groups in total. The van der Waals surface area contributed by atoms with E-state index in [4.69, 9.17) is 10.3 Å². The van der Waals surface area contributed by atoms with Crippen LogP contribution >= 0.6 is 0 Å². The number of rotatable bonds is 5. The minimum Gasteiger partial charge on any atom is -0.472 e. The Balaban J connectivity index is 1.92. The highest BCUT2D eigenvalue weighted by Gasteiger charge is 2.32. The maximum Gasteiger partial charge on any atom is 0.0935 e. The monoisotopic (exact) mass is 194 g/mol. The van der Waals surface area contributed by atoms with Crippen LogP contribution in [-0.4, -0.2) is 6.04 Å². The molecule has 0 spiro atoms. The van der Waals surface area contributed by atoms with Gasteiger partial charge in [0.05, 0.1) is 12.5 Å². The number of furan rings is 1. The molecular weight excluding hydrogens is 176 g/mol. The molecule has 3 nitrogen and oxygen atoms in total. The molecule has 1 aromatic rings. The van der Waals surface area contributed by atoms with Crippen molar-refractivity contribution in [1.29, 1.82) is 0 Å². The van der Waals surface area contributed by atoms with E-state index in [-0.39, 0.29) is 0 Å². The van der Waals surface area contributed by atoms with Crippen LogP contribution in [0.15, 0.2) is 23.0 Å². The third kappa shape index (κ3) is 2.16. The minimum atomic E-state index is 0.375. The van der Waals surface area contributed by atoms with Gasteiger partial charge in [-0.2, -0.15) is 0 Å². The molecule has 14 heavy (non-hydrogen) atoms. The summed E-state index contributed by atoms with van der Waals surface area (Å²) in [5.74, 6) is 7.11. The summed E-state index contributed by atoms with van der Waals surface area (Å²) >= 11 is 0. The standard InChI is InChI=1S/C11H18N2O/c1-8(10-2-3-10)11(13-12)6-9-4-5-14-7-9/h4-5,7-8,10-11,13H,2-3,6,12H2,1H3. The second-order valence-electron chi connectivity index (χ2n) is 4.31. The van der Waals surface area contributed by atoms with Crippen molar-refractivity contribution in [1.82, 2.24) is 5.43 Å². The fourth-order valence-corrected chi connectivity index (χ4v) is 2.01. The van der Waals surface area contributed by atoms with Gasteiger partial charge in [-0.05, 0) is 42.7 Å². The molecule has 1 saturated carbocycles. The van der Waals surface area contributed by atoms with Gasteiger partial charge in [-0.3, -0.25) is 11.3 Å². The molecule has 0 bridgehead atoms. The first-order chi connectivity index (χ1) is 6.81. The van der Waals surface area contributed by atoms with Gasteiger partial charge in [0.2, 0.25) is 0 Å². The second kappa shape index (κ2) is 4.15. The Labute approximate surface area is 84.6 Å². The molecule has 2 rings (SSSR count). The number of hydrogen-bond acceptors (Lipinski definition) is 3. The van der Waals surface area contributed by atoms with E-state index in [1.165, 1.54) is 18.4 Å². The van der Waals surface area contributed by atoms with Crippen LogP contribution in [-0.2, 0) is 6.42 Å². The van der Waals surface area contributed by atoms with Gasteiger partial charge < -0.3 is 4.42 Å². The van der Waals surface area contributed by atoms with E-state index in [0.29, 0.717) is 12.0 Å². The van der Waals surface area contributed by atoms with Crippen LogP contribution in [0.2, 0.25) is 0 Å². The molecule has 1 fully saturated rings. The summed E-state index contributed by atoms with van der Waals surface area (Å²) in [5.41, 5.74) is 4.14. The maximum absolute atomic E-state index is 5.58. The summed E-state index contributed by atoms with van der Waals surface area (Å²) in [5, 5.41) is 0. The van der Waals surface area contributed by atoms with Gasteiger partial charge in [0, 0.05) is 6.04 Å². The van der Waals surface area contributed by atoms with Crippen LogP contribution in [0, 0.1) is 11.8 Å². The highest BCUT2D eigenvalue weighted by Crippen LogP contribution is 2.38. The van der Waals surface area contributed by atoms with E-state index in [1.54, 1.807) is 12.5 Å². The molecule has 0 saturated heterocycles. The summed E-state index contributed by atoms with van der Waals surface area (Å²) < 4.78 is 5.05. The Morgan fingerprint density at radius 3 is 2.93 bits per heavy atom. The SMILES string of the molecule is CC(C1CC1)C(Cc1ccoc1)NN. The quantitative estimate of drug-likeness (QED) is 0.554. The molecule has 0 aromatic carbocycles. The van der Waals surface area contributed by atoms with Crippen LogP contribution in [0.5, 0.6) is 0 Å². The van der Waals surface area contributed by atoms with Gasteiger partial charge in [-0.1, -0.05) is 6.92 Å². The Hall–Kier alpha value is -0.800. The van der Waals surface area contributed by atoms with Crippen molar-refractivity contribution in [3.63, 3.8) is 0 Å². The summed E-state index contributed by atoms with van der Waals surface area (Å²) in [6, 6.07) is 2.38. The zero-order valence-electron chi connectivity index (χ0n) is 8.57. The summed E-state index contributed by atoms with van der Waals surface area (Å²) in [6.07, 6.45) is 7.20. The molecule has 1 aliphatic rings. The zero-order chi connectivity index (χ0) is 9.97. The van der Waals surface area contributed by atoms with E-state index >= 15 is 0 Å². The lowest BCUT2D eigenvalue weighted by atomic mass is 9.92. The first-order valence-electron chi connectivity index (χ1n) is 5.28. The molecular formula is C11H18N2O. The molecule has 0 amide bonds. The molecule has 2 atom stereocenters. The van der Waals surface area contributed by atoms with E-state index < -0.39 is 0 Å². The van der Waals surface area contributed by atoms with E-state index in [9.17, 15) is 0 Å². The lowest BCUT2D eigenvalue weighted by molar-refractivity contribution is 0.343. The van der Waals surface area contributed by atoms with Crippen molar-refractivity contribution in [2.45, 2.75) is 32.2 Å². The summed E-state index contributed by atoms with van der Waals surface area (Å²) in [4.78, 5) is 0. The van der Waals surface area contributed by atoms with Crippen molar-refractivity contribution in [2.75, 3.05) is 0 Å². The predicted molar refractivity (Wildman–Crippen MR) is 55.4 cm³/mol. The van der Waals surface area contributed by atoms with Gasteiger partial charge in [-0.25, -0.2) is 0 Å². The molecule has 0 aliphatic heterocycles. The van der Waals surface area contributed by atoms with Gasteiger partial charge in [-0.15, -0.1) is 0 Å². The molecule has 0 radical (unpaired) electrons. The normalized spacial score (nSPS) is 20.7. The lowest BCUT2D eigenvalue weighted by Gasteiger charge is -2.22. The average Bonchev–Trinajstić information content (AvgIpc) is 2.93. The maximum atomic E-state index is 5.58. The average molecular weight is 194 g/mol. The van der Waals surface area contributed by atoms with Crippen LogP contribution in [0.3, 0.4) is 0 Å². The van der Waals surface area contributed by atoms with Crippen LogP contribution in [0.1, 0.15) is 25.3 Å². The minimum absolute atomic E-state index is 0.375.